The molecular weight excluding hydrogens is 584 g/mol. The van der Waals surface area contributed by atoms with Crippen LogP contribution in [0.1, 0.15) is 11.1 Å². The van der Waals surface area contributed by atoms with Crippen LogP contribution >= 0.6 is 0 Å². The average molecular weight is 603 g/mol. The van der Waals surface area contributed by atoms with Gasteiger partial charge in [0.25, 0.3) is 0 Å². The molecule has 0 atom stereocenters. The third-order valence-electron chi connectivity index (χ3n) is 8.79. The van der Waals surface area contributed by atoms with Gasteiger partial charge in [-0.25, -0.2) is 17.6 Å². The lowest BCUT2D eigenvalue weighted by Gasteiger charge is -2.20. The molecule has 0 unspecified atom stereocenters. The van der Waals surface area contributed by atoms with E-state index in [1.807, 2.05) is 48.5 Å². The largest absolute Gasteiger partial charge is 0.203 e. The zero-order valence-corrected chi connectivity index (χ0v) is 23.8. The highest BCUT2D eigenvalue weighted by atomic mass is 19.2. The minimum Gasteiger partial charge on any atom is -0.203 e. The number of rotatable bonds is 2. The Morgan fingerprint density at radius 2 is 0.717 bits per heavy atom. The molecule has 46 heavy (non-hydrogen) atoms. The molecule has 0 heterocycles. The number of nitrogens with zero attached hydrogens (tertiary/aromatic N) is 2. The van der Waals surface area contributed by atoms with Crippen molar-refractivity contribution >= 4 is 53.9 Å². The van der Waals surface area contributed by atoms with Gasteiger partial charge in [0, 0.05) is 10.8 Å². The van der Waals surface area contributed by atoms with Crippen molar-refractivity contribution in [2.24, 2.45) is 0 Å². The Morgan fingerprint density at radius 3 is 1.07 bits per heavy atom. The predicted octanol–water partition coefficient (Wildman–Crippen LogP) is 11.1. The Labute approximate surface area is 259 Å². The molecule has 0 radical (unpaired) electrons. The molecule has 8 rings (SSSR count). The smallest absolute Gasteiger partial charge is 0.198 e. The van der Waals surface area contributed by atoms with Gasteiger partial charge in [-0.05, 0) is 102 Å². The van der Waals surface area contributed by atoms with E-state index in [2.05, 4.69) is 12.1 Å². The van der Waals surface area contributed by atoms with Crippen molar-refractivity contribution in [3.63, 3.8) is 0 Å². The Bertz CT molecular complexity index is 2490. The molecule has 0 saturated carbocycles. The molecule has 0 aliphatic rings. The summed E-state index contributed by atoms with van der Waals surface area (Å²) in [6, 6.07) is 36.4. The van der Waals surface area contributed by atoms with Crippen LogP contribution in [0.5, 0.6) is 0 Å². The highest BCUT2D eigenvalue weighted by Crippen LogP contribution is 2.48. The molecule has 2 nitrogen and oxygen atoms in total. The summed E-state index contributed by atoms with van der Waals surface area (Å²) in [5.74, 6) is -6.72. The minimum atomic E-state index is -1.88. The summed E-state index contributed by atoms with van der Waals surface area (Å²) in [6.45, 7) is 0. The van der Waals surface area contributed by atoms with Crippen molar-refractivity contribution in [1.82, 2.24) is 0 Å². The minimum absolute atomic E-state index is 0.229. The normalized spacial score (nSPS) is 11.4. The molecular formula is C40H18F4N2. The molecule has 8 aromatic carbocycles. The van der Waals surface area contributed by atoms with Gasteiger partial charge in [-0.15, -0.1) is 0 Å². The Kier molecular flexibility index (Phi) is 6.03. The molecule has 0 N–H and O–H groups in total. The summed E-state index contributed by atoms with van der Waals surface area (Å²) in [7, 11) is 0. The maximum atomic E-state index is 16.1. The van der Waals surface area contributed by atoms with E-state index in [1.165, 1.54) is 0 Å². The van der Waals surface area contributed by atoms with E-state index in [1.54, 1.807) is 60.7 Å². The van der Waals surface area contributed by atoms with Crippen LogP contribution in [0.25, 0.3) is 76.1 Å². The molecule has 0 aliphatic heterocycles. The van der Waals surface area contributed by atoms with Crippen LogP contribution in [0.2, 0.25) is 0 Å². The summed E-state index contributed by atoms with van der Waals surface area (Å²) in [4.78, 5) is 0. The van der Waals surface area contributed by atoms with E-state index in [0.717, 1.165) is 21.9 Å². The fraction of sp³-hybridized carbons (Fsp3) is 0. The Hall–Kier alpha value is -6.24. The second-order valence-electron chi connectivity index (χ2n) is 11.2. The molecule has 0 fully saturated rings. The molecule has 0 amide bonds. The van der Waals surface area contributed by atoms with Gasteiger partial charge < -0.3 is 0 Å². The maximum Gasteiger partial charge on any atom is 0.198 e. The van der Waals surface area contributed by atoms with E-state index >= 15 is 17.6 Å². The number of fused-ring (bicyclic) bond motifs is 10. The molecule has 0 aliphatic carbocycles. The van der Waals surface area contributed by atoms with Crippen molar-refractivity contribution in [2.45, 2.75) is 0 Å². The fourth-order valence-electron chi connectivity index (χ4n) is 6.75. The number of hydrogen-bond acceptors (Lipinski definition) is 2. The van der Waals surface area contributed by atoms with Crippen LogP contribution in [0.4, 0.5) is 17.6 Å². The van der Waals surface area contributed by atoms with Crippen LogP contribution in [0, 0.1) is 45.9 Å². The number of halogens is 4. The first-order valence-corrected chi connectivity index (χ1v) is 14.4. The summed E-state index contributed by atoms with van der Waals surface area (Å²) < 4.78 is 62.4. The number of hydrogen-bond donors (Lipinski definition) is 0. The van der Waals surface area contributed by atoms with E-state index in [0.29, 0.717) is 43.8 Å². The highest BCUT2D eigenvalue weighted by molar-refractivity contribution is 6.38. The van der Waals surface area contributed by atoms with Gasteiger partial charge in [0.2, 0.25) is 0 Å². The quantitative estimate of drug-likeness (QED) is 0.0855. The Balaban J connectivity index is 1.67. The van der Waals surface area contributed by atoms with Gasteiger partial charge in [0.1, 0.15) is 0 Å². The molecule has 0 spiro atoms. The molecule has 0 bridgehead atoms. The summed E-state index contributed by atoms with van der Waals surface area (Å²) in [6.07, 6.45) is 0. The molecule has 8 aromatic rings. The van der Waals surface area contributed by atoms with Crippen molar-refractivity contribution in [3.8, 4) is 34.4 Å². The van der Waals surface area contributed by atoms with E-state index < -0.39 is 23.3 Å². The van der Waals surface area contributed by atoms with E-state index in [-0.39, 0.29) is 21.5 Å². The second-order valence-corrected chi connectivity index (χ2v) is 11.2. The SMILES string of the molecule is N#Cc1ccc(-c2cc3c4c(F)c(F)c(F)c(F)c4c4cc(-c5ccc(C#N)cc5)c5ccccc5c4c3c3ccccc23)cc1. The zero-order chi connectivity index (χ0) is 31.7. The van der Waals surface area contributed by atoms with Gasteiger partial charge in [0.15, 0.2) is 23.3 Å². The first-order chi connectivity index (χ1) is 22.4. The van der Waals surface area contributed by atoms with E-state index in [9.17, 15) is 10.5 Å². The van der Waals surface area contributed by atoms with Crippen molar-refractivity contribution in [3.05, 3.63) is 144 Å². The first kappa shape index (κ1) is 27.3. The number of nitriles is 2. The summed E-state index contributed by atoms with van der Waals surface area (Å²) >= 11 is 0. The zero-order valence-electron chi connectivity index (χ0n) is 23.8. The first-order valence-electron chi connectivity index (χ1n) is 14.4. The summed E-state index contributed by atoms with van der Waals surface area (Å²) in [5, 5.41) is 22.6. The lowest BCUT2D eigenvalue weighted by molar-refractivity contribution is 0.418. The van der Waals surface area contributed by atoms with Gasteiger partial charge in [-0.2, -0.15) is 10.5 Å². The fourth-order valence-corrected chi connectivity index (χ4v) is 6.75. The van der Waals surface area contributed by atoms with Crippen LogP contribution in [-0.2, 0) is 0 Å². The molecule has 216 valence electrons. The van der Waals surface area contributed by atoms with E-state index in [4.69, 9.17) is 0 Å². The van der Waals surface area contributed by atoms with Gasteiger partial charge in [0.05, 0.1) is 23.3 Å². The van der Waals surface area contributed by atoms with Crippen molar-refractivity contribution in [2.75, 3.05) is 0 Å². The molecule has 0 aromatic heterocycles. The molecule has 6 heteroatoms. The Morgan fingerprint density at radius 1 is 0.370 bits per heavy atom. The number of benzene rings is 8. The van der Waals surface area contributed by atoms with Gasteiger partial charge >= 0.3 is 0 Å². The van der Waals surface area contributed by atoms with Crippen molar-refractivity contribution < 1.29 is 17.6 Å². The lowest BCUT2D eigenvalue weighted by Crippen LogP contribution is -2.01. The third-order valence-corrected chi connectivity index (χ3v) is 8.79. The van der Waals surface area contributed by atoms with Gasteiger partial charge in [-0.1, -0.05) is 72.8 Å². The van der Waals surface area contributed by atoms with Crippen LogP contribution < -0.4 is 0 Å². The summed E-state index contributed by atoms with van der Waals surface area (Å²) in [5.41, 5.74) is 3.68. The average Bonchev–Trinajstić information content (AvgIpc) is 3.11. The van der Waals surface area contributed by atoms with Gasteiger partial charge in [-0.3, -0.25) is 0 Å². The van der Waals surface area contributed by atoms with Crippen LogP contribution in [0.15, 0.2) is 109 Å². The lowest BCUT2D eigenvalue weighted by atomic mass is 9.83. The van der Waals surface area contributed by atoms with Crippen molar-refractivity contribution in [1.29, 1.82) is 10.5 Å². The highest BCUT2D eigenvalue weighted by Gasteiger charge is 2.27. The second kappa shape index (κ2) is 10.2. The van der Waals surface area contributed by atoms with Crippen LogP contribution in [0.3, 0.4) is 0 Å². The monoisotopic (exact) mass is 602 g/mol. The van der Waals surface area contributed by atoms with Crippen LogP contribution in [-0.4, -0.2) is 0 Å². The topological polar surface area (TPSA) is 47.6 Å². The predicted molar refractivity (Wildman–Crippen MR) is 174 cm³/mol. The third kappa shape index (κ3) is 3.81. The molecule has 0 saturated heterocycles. The standard InChI is InChI=1S/C40H18F4N2/c41-37-35-31-17-29(23-13-9-21(19-45)10-14-23)25-5-1-3-7-27(25)33(31)34-28-8-4-2-6-26(28)30(24-15-11-22(20-46)12-16-24)18-32(34)36(35)38(42)40(44)39(37)43/h1-18H. The maximum absolute atomic E-state index is 16.1.